The third kappa shape index (κ3) is 1.77. The maximum absolute atomic E-state index is 3.94. The average molecular weight is 164 g/mol. The molecule has 0 aliphatic carbocycles. The zero-order valence-corrected chi connectivity index (χ0v) is 7.61. The number of nitrogens with one attached hydrogen (secondary N) is 2. The first-order valence-corrected chi connectivity index (χ1v) is 4.21. The molecule has 0 bridgehead atoms. The van der Waals surface area contributed by atoms with Crippen LogP contribution in [0.25, 0.3) is 0 Å². The summed E-state index contributed by atoms with van der Waals surface area (Å²) < 4.78 is 0. The Kier molecular flexibility index (Phi) is 3.11. The fraction of sp³-hybridized carbons (Fsp3) is 0.400. The molecule has 0 radical (unpaired) electrons. The Labute approximate surface area is 74.0 Å². The molecule has 0 aromatic rings. The van der Waals surface area contributed by atoms with Crippen LogP contribution in [-0.4, -0.2) is 20.1 Å². The van der Waals surface area contributed by atoms with E-state index in [9.17, 15) is 0 Å². The summed E-state index contributed by atoms with van der Waals surface area (Å²) in [6.45, 7) is 9.60. The second-order valence-electron chi connectivity index (χ2n) is 2.86. The molecule has 1 aliphatic rings. The smallest absolute Gasteiger partial charge is 0.0228 e. The fourth-order valence-corrected chi connectivity index (χ4v) is 1.39. The number of hydrogen-bond acceptors (Lipinski definition) is 2. The lowest BCUT2D eigenvalue weighted by molar-refractivity contribution is 0.652. The molecule has 12 heavy (non-hydrogen) atoms. The van der Waals surface area contributed by atoms with Crippen molar-refractivity contribution in [3.63, 3.8) is 0 Å². The normalized spacial score (nSPS) is 17.4. The minimum absolute atomic E-state index is 0.904. The Morgan fingerprint density at radius 1 is 1.67 bits per heavy atom. The summed E-state index contributed by atoms with van der Waals surface area (Å²) in [6, 6.07) is 0. The van der Waals surface area contributed by atoms with Gasteiger partial charge >= 0.3 is 0 Å². The molecule has 2 heteroatoms. The van der Waals surface area contributed by atoms with Gasteiger partial charge in [0.2, 0.25) is 0 Å². The molecule has 1 aliphatic heterocycles. The molecule has 2 nitrogen and oxygen atoms in total. The Hall–Kier alpha value is -1.02. The summed E-state index contributed by atoms with van der Waals surface area (Å²) in [6.07, 6.45) is 2.86. The van der Waals surface area contributed by atoms with Crippen molar-refractivity contribution in [2.45, 2.75) is 6.42 Å². The van der Waals surface area contributed by atoms with Crippen LogP contribution in [0.1, 0.15) is 6.42 Å². The second-order valence-corrected chi connectivity index (χ2v) is 2.86. The van der Waals surface area contributed by atoms with Crippen molar-refractivity contribution in [3.05, 3.63) is 36.1 Å². The molecule has 0 atom stereocenters. The van der Waals surface area contributed by atoms with Crippen LogP contribution in [0.15, 0.2) is 36.1 Å². The standard InChI is InChI=1S/C10H16N2/c1-4-8(2)9-7-12-6-5-10(9)11-3/h4,11-12H,1-2,5-7H2,3H3. The molecule has 0 saturated carbocycles. The average Bonchev–Trinajstić information content (AvgIpc) is 2.16. The zero-order chi connectivity index (χ0) is 8.97. The van der Waals surface area contributed by atoms with Crippen molar-refractivity contribution in [1.82, 2.24) is 10.6 Å². The van der Waals surface area contributed by atoms with Crippen LogP contribution in [-0.2, 0) is 0 Å². The highest BCUT2D eigenvalue weighted by Gasteiger charge is 2.11. The van der Waals surface area contributed by atoms with Gasteiger partial charge in [-0.15, -0.1) is 0 Å². The fourth-order valence-electron chi connectivity index (χ4n) is 1.39. The Balaban J connectivity index is 2.86. The van der Waals surface area contributed by atoms with E-state index in [0.717, 1.165) is 25.1 Å². The highest BCUT2D eigenvalue weighted by atomic mass is 14.9. The highest BCUT2D eigenvalue weighted by Crippen LogP contribution is 2.16. The first-order chi connectivity index (χ1) is 5.79. The molecule has 1 rings (SSSR count). The molecule has 0 saturated heterocycles. The number of hydrogen-bond donors (Lipinski definition) is 2. The summed E-state index contributed by atoms with van der Waals surface area (Å²) in [7, 11) is 1.96. The van der Waals surface area contributed by atoms with E-state index in [-0.39, 0.29) is 0 Å². The number of allylic oxidation sites excluding steroid dienone is 1. The van der Waals surface area contributed by atoms with Crippen LogP contribution < -0.4 is 10.6 Å². The molecule has 0 aromatic carbocycles. The molecule has 0 amide bonds. The maximum atomic E-state index is 3.94. The van der Waals surface area contributed by atoms with Crippen molar-refractivity contribution in [2.24, 2.45) is 0 Å². The molecule has 2 N–H and O–H groups in total. The van der Waals surface area contributed by atoms with E-state index in [0.29, 0.717) is 0 Å². The van der Waals surface area contributed by atoms with Gasteiger partial charge in [-0.05, 0) is 17.6 Å². The molecule has 1 heterocycles. The van der Waals surface area contributed by atoms with Gasteiger partial charge in [0.05, 0.1) is 0 Å². The zero-order valence-electron chi connectivity index (χ0n) is 7.61. The van der Waals surface area contributed by atoms with E-state index in [1.54, 1.807) is 6.08 Å². The molecular formula is C10H16N2. The van der Waals surface area contributed by atoms with E-state index < -0.39 is 0 Å². The minimum Gasteiger partial charge on any atom is -0.391 e. The molecule has 0 fully saturated rings. The second kappa shape index (κ2) is 4.12. The lowest BCUT2D eigenvalue weighted by Crippen LogP contribution is -2.29. The summed E-state index contributed by atoms with van der Waals surface area (Å²) in [4.78, 5) is 0. The van der Waals surface area contributed by atoms with Crippen LogP contribution in [0.4, 0.5) is 0 Å². The van der Waals surface area contributed by atoms with Crippen LogP contribution in [0.3, 0.4) is 0 Å². The Bertz CT molecular complexity index is 226. The highest BCUT2D eigenvalue weighted by molar-refractivity contribution is 5.41. The Morgan fingerprint density at radius 3 is 3.00 bits per heavy atom. The van der Waals surface area contributed by atoms with Crippen LogP contribution in [0.5, 0.6) is 0 Å². The van der Waals surface area contributed by atoms with E-state index in [1.165, 1.54) is 11.3 Å². The van der Waals surface area contributed by atoms with Gasteiger partial charge in [-0.25, -0.2) is 0 Å². The molecule has 0 aromatic heterocycles. The topological polar surface area (TPSA) is 24.1 Å². The molecule has 66 valence electrons. The van der Waals surface area contributed by atoms with Crippen LogP contribution in [0, 0.1) is 0 Å². The molecular weight excluding hydrogens is 148 g/mol. The monoisotopic (exact) mass is 164 g/mol. The molecule has 0 unspecified atom stereocenters. The Morgan fingerprint density at radius 2 is 2.42 bits per heavy atom. The van der Waals surface area contributed by atoms with Gasteiger partial charge in [-0.3, -0.25) is 0 Å². The summed E-state index contributed by atoms with van der Waals surface area (Å²) in [5.41, 5.74) is 3.57. The van der Waals surface area contributed by atoms with Gasteiger partial charge in [-0.2, -0.15) is 0 Å². The van der Waals surface area contributed by atoms with Crippen molar-refractivity contribution in [1.29, 1.82) is 0 Å². The molecule has 0 spiro atoms. The van der Waals surface area contributed by atoms with E-state index in [1.807, 2.05) is 7.05 Å². The summed E-state index contributed by atoms with van der Waals surface area (Å²) >= 11 is 0. The minimum atomic E-state index is 0.904. The lowest BCUT2D eigenvalue weighted by atomic mass is 10.0. The van der Waals surface area contributed by atoms with Crippen LogP contribution in [0.2, 0.25) is 0 Å². The number of rotatable bonds is 3. The van der Waals surface area contributed by atoms with Gasteiger partial charge in [0, 0.05) is 25.8 Å². The van der Waals surface area contributed by atoms with Gasteiger partial charge in [0.1, 0.15) is 0 Å². The quantitative estimate of drug-likeness (QED) is 0.612. The van der Waals surface area contributed by atoms with E-state index in [4.69, 9.17) is 0 Å². The first-order valence-electron chi connectivity index (χ1n) is 4.21. The van der Waals surface area contributed by atoms with Crippen molar-refractivity contribution in [3.8, 4) is 0 Å². The van der Waals surface area contributed by atoms with Gasteiger partial charge in [-0.1, -0.05) is 19.2 Å². The first kappa shape index (κ1) is 9.07. The third-order valence-electron chi connectivity index (χ3n) is 2.15. The predicted octanol–water partition coefficient (Wildman–Crippen LogP) is 1.20. The van der Waals surface area contributed by atoms with Crippen LogP contribution >= 0.6 is 0 Å². The van der Waals surface area contributed by atoms with Gasteiger partial charge < -0.3 is 10.6 Å². The maximum Gasteiger partial charge on any atom is 0.0228 e. The lowest BCUT2D eigenvalue weighted by Gasteiger charge is -2.21. The SMILES string of the molecule is C=CC(=C)C1=C(NC)CCNC1. The third-order valence-corrected chi connectivity index (χ3v) is 2.15. The van der Waals surface area contributed by atoms with E-state index >= 15 is 0 Å². The van der Waals surface area contributed by atoms with Gasteiger partial charge in [0.15, 0.2) is 0 Å². The summed E-state index contributed by atoms with van der Waals surface area (Å²) in [5, 5.41) is 6.51. The van der Waals surface area contributed by atoms with Crippen molar-refractivity contribution >= 4 is 0 Å². The van der Waals surface area contributed by atoms with Crippen molar-refractivity contribution in [2.75, 3.05) is 20.1 Å². The van der Waals surface area contributed by atoms with E-state index in [2.05, 4.69) is 23.8 Å². The van der Waals surface area contributed by atoms with Crippen molar-refractivity contribution < 1.29 is 0 Å². The van der Waals surface area contributed by atoms with Gasteiger partial charge in [0.25, 0.3) is 0 Å². The predicted molar refractivity (Wildman–Crippen MR) is 52.9 cm³/mol. The largest absolute Gasteiger partial charge is 0.391 e. The summed E-state index contributed by atoms with van der Waals surface area (Å²) in [5.74, 6) is 0.